The van der Waals surface area contributed by atoms with Gasteiger partial charge >= 0.3 is 30.8 Å². The molecule has 0 N–H and O–H groups in total. The van der Waals surface area contributed by atoms with Crippen LogP contribution in [0.3, 0.4) is 0 Å². The predicted octanol–water partition coefficient (Wildman–Crippen LogP) is 9.23. The second-order valence-corrected chi connectivity index (χ2v) is 10.3. The third kappa shape index (κ3) is 11.0. The molecule has 0 fully saturated rings. The summed E-state index contributed by atoms with van der Waals surface area (Å²) in [6.07, 6.45) is -16.8. The van der Waals surface area contributed by atoms with Crippen LogP contribution >= 0.6 is 0 Å². The highest BCUT2D eigenvalue weighted by molar-refractivity contribution is 5.87. The average Bonchev–Trinajstić information content (AvgIpc) is 3.36. The Bertz CT molecular complexity index is 1500. The number of unbranched alkanes of at least 4 members (excludes halogenated alkanes) is 2. The van der Waals surface area contributed by atoms with Gasteiger partial charge in [0.1, 0.15) is 17.1 Å². The fourth-order valence-corrected chi connectivity index (χ4v) is 4.18. The van der Waals surface area contributed by atoms with E-state index in [0.717, 1.165) is 50.2 Å². The molecule has 0 saturated carbocycles. The lowest BCUT2D eigenvalue weighted by molar-refractivity contribution is -0.574. The molecule has 15 heteroatoms. The van der Waals surface area contributed by atoms with Gasteiger partial charge in [-0.15, -0.1) is 17.6 Å². The van der Waals surface area contributed by atoms with Gasteiger partial charge in [0, 0.05) is 22.6 Å². The van der Waals surface area contributed by atoms with Crippen molar-refractivity contribution in [2.75, 3.05) is 13.2 Å². The summed E-state index contributed by atoms with van der Waals surface area (Å²) in [6, 6.07) is 11.7. The summed E-state index contributed by atoms with van der Waals surface area (Å²) in [5, 5.41) is 0.577. The van der Waals surface area contributed by atoms with E-state index in [2.05, 4.69) is 38.5 Å². The molecule has 3 aromatic rings. The van der Waals surface area contributed by atoms with E-state index < -0.39 is 44.0 Å². The predicted molar refractivity (Wildman–Crippen MR) is 149 cm³/mol. The summed E-state index contributed by atoms with van der Waals surface area (Å²) in [7, 11) is 0. The van der Waals surface area contributed by atoms with Crippen molar-refractivity contribution in [2.24, 2.45) is 0 Å². The molecule has 0 radical (unpaired) electrons. The largest absolute Gasteiger partial charge is 0.496 e. The van der Waals surface area contributed by atoms with Gasteiger partial charge in [0.15, 0.2) is 13.2 Å². The number of rotatable bonds is 18. The van der Waals surface area contributed by atoms with E-state index >= 15 is 0 Å². The molecule has 0 unspecified atom stereocenters. The van der Waals surface area contributed by atoms with Crippen molar-refractivity contribution in [1.82, 2.24) is 0 Å². The first-order valence-electron chi connectivity index (χ1n) is 14.1. The van der Waals surface area contributed by atoms with E-state index in [4.69, 9.17) is 9.15 Å². The van der Waals surface area contributed by atoms with Crippen LogP contribution in [0.5, 0.6) is 5.75 Å². The molecule has 46 heavy (non-hydrogen) atoms. The van der Waals surface area contributed by atoms with Gasteiger partial charge in [-0.2, -0.15) is 17.6 Å². The number of benzene rings is 2. The number of esters is 1. The summed E-state index contributed by atoms with van der Waals surface area (Å²) in [6.45, 7) is 4.14. The van der Waals surface area contributed by atoms with Crippen LogP contribution in [0.1, 0.15) is 51.2 Å². The first-order chi connectivity index (χ1) is 21.3. The van der Waals surface area contributed by atoms with Gasteiger partial charge in [0.2, 0.25) is 0 Å². The minimum absolute atomic E-state index is 0.214. The molecule has 254 valence electrons. The summed E-state index contributed by atoms with van der Waals surface area (Å²) in [4.78, 5) is 11.1. The minimum Gasteiger partial charge on any atom is -0.484 e. The van der Waals surface area contributed by atoms with E-state index in [1.807, 2.05) is 19.1 Å². The van der Waals surface area contributed by atoms with Crippen LogP contribution in [0.4, 0.5) is 35.1 Å². The zero-order valence-electron chi connectivity index (χ0n) is 25.1. The van der Waals surface area contributed by atoms with Crippen molar-refractivity contribution in [2.45, 2.75) is 77.7 Å². The number of hydrogen-bond donors (Lipinski definition) is 0. The summed E-state index contributed by atoms with van der Waals surface area (Å²) < 4.78 is 133. The maximum atomic E-state index is 14.1. The Morgan fingerprint density at radius 1 is 0.826 bits per heavy atom. The van der Waals surface area contributed by atoms with Gasteiger partial charge in [0.25, 0.3) is 0 Å². The molecule has 0 aliphatic rings. The molecule has 0 aliphatic heterocycles. The third-order valence-corrected chi connectivity index (χ3v) is 6.28. The summed E-state index contributed by atoms with van der Waals surface area (Å²) in [5.74, 6) is -1.21. The Labute approximate surface area is 259 Å². The van der Waals surface area contributed by atoms with Crippen LogP contribution in [0.25, 0.3) is 22.3 Å². The van der Waals surface area contributed by atoms with Crippen molar-refractivity contribution in [3.63, 3.8) is 0 Å². The number of carbonyl (C=O) groups excluding carboxylic acids is 1. The van der Waals surface area contributed by atoms with Crippen molar-refractivity contribution in [3.05, 3.63) is 65.7 Å². The molecule has 0 saturated heterocycles. The number of aryl methyl sites for hydroxylation is 2. The molecular formula is C31H32F8O7. The van der Waals surface area contributed by atoms with Crippen LogP contribution in [0.2, 0.25) is 0 Å². The Hall–Kier alpha value is -3.69. The number of fused-ring (bicyclic) bond motifs is 1. The van der Waals surface area contributed by atoms with Crippen LogP contribution in [-0.4, -0.2) is 44.0 Å². The smallest absolute Gasteiger partial charge is 0.484 e. The lowest BCUT2D eigenvalue weighted by Gasteiger charge is -2.27. The van der Waals surface area contributed by atoms with Gasteiger partial charge in [-0.25, -0.2) is 19.0 Å². The maximum absolute atomic E-state index is 14.1. The highest BCUT2D eigenvalue weighted by Gasteiger charge is 2.57. The fraction of sp³-hybridized carbons (Fsp3) is 0.452. The molecule has 2 aromatic carbocycles. The molecule has 1 aromatic heterocycles. The van der Waals surface area contributed by atoms with Gasteiger partial charge in [0.05, 0.1) is 0 Å². The molecule has 0 bridgehead atoms. The van der Waals surface area contributed by atoms with Crippen molar-refractivity contribution in [3.8, 4) is 17.1 Å². The lowest BCUT2D eigenvalue weighted by Crippen LogP contribution is -2.46. The van der Waals surface area contributed by atoms with Crippen molar-refractivity contribution in [1.29, 1.82) is 0 Å². The second kappa shape index (κ2) is 14.8. The fourth-order valence-electron chi connectivity index (χ4n) is 4.18. The van der Waals surface area contributed by atoms with Gasteiger partial charge in [-0.3, -0.25) is 0 Å². The molecule has 0 amide bonds. The molecule has 3 rings (SSSR count). The number of alkyl halides is 8. The Kier molecular flexibility index (Phi) is 11.8. The minimum atomic E-state index is -5.88. The molecule has 1 heterocycles. The van der Waals surface area contributed by atoms with E-state index in [9.17, 15) is 39.9 Å². The monoisotopic (exact) mass is 668 g/mol. The standard InChI is InChI=1S/C31H32F8O7/c1-5-7-8-9-20-10-13-24(21(6-2)14-20)26-15-22-11-12-23(16-25(22)43-26)41-17-28(32,33)44-30(36,37)46-31(38,39)45-29(34,35)18-42-27(40)19(3)4/h10-16H,3,5-9,17-18H2,1-2,4H3. The number of ether oxygens (including phenoxy) is 5. The number of halogens is 8. The van der Waals surface area contributed by atoms with Gasteiger partial charge < -0.3 is 13.9 Å². The van der Waals surface area contributed by atoms with Crippen LogP contribution in [0, 0.1) is 0 Å². The molecular weight excluding hydrogens is 636 g/mol. The summed E-state index contributed by atoms with van der Waals surface area (Å²) in [5.41, 5.74) is 2.88. The van der Waals surface area contributed by atoms with Gasteiger partial charge in [-0.05, 0) is 55.5 Å². The number of hydrogen-bond acceptors (Lipinski definition) is 7. The first-order valence-corrected chi connectivity index (χ1v) is 14.1. The Morgan fingerprint density at radius 2 is 1.48 bits per heavy atom. The average molecular weight is 669 g/mol. The SMILES string of the molecule is C=C(C)C(=O)OCC(F)(F)OC(F)(F)OC(F)(F)OC(F)(F)COc1ccc2cc(-c3ccc(CCCCC)cc3CC)oc2c1. The highest BCUT2D eigenvalue weighted by atomic mass is 19.3. The number of carbonyl (C=O) groups is 1. The molecule has 0 spiro atoms. The van der Waals surface area contributed by atoms with Crippen LogP contribution in [0.15, 0.2) is 59.0 Å². The topological polar surface area (TPSA) is 76.4 Å². The van der Waals surface area contributed by atoms with Crippen molar-refractivity contribution < 1.29 is 68.0 Å². The highest BCUT2D eigenvalue weighted by Crippen LogP contribution is 2.38. The Balaban J connectivity index is 1.63. The van der Waals surface area contributed by atoms with E-state index in [0.29, 0.717) is 11.1 Å². The van der Waals surface area contributed by atoms with E-state index in [1.165, 1.54) is 23.8 Å². The molecule has 0 aliphatic carbocycles. The van der Waals surface area contributed by atoms with E-state index in [-0.39, 0.29) is 16.9 Å². The van der Waals surface area contributed by atoms with Crippen molar-refractivity contribution >= 4 is 16.9 Å². The van der Waals surface area contributed by atoms with Gasteiger partial charge in [-0.1, -0.05) is 51.5 Å². The summed E-state index contributed by atoms with van der Waals surface area (Å²) >= 11 is 0. The zero-order valence-corrected chi connectivity index (χ0v) is 25.1. The van der Waals surface area contributed by atoms with E-state index in [1.54, 1.807) is 6.07 Å². The third-order valence-electron chi connectivity index (χ3n) is 6.28. The second-order valence-electron chi connectivity index (χ2n) is 10.3. The maximum Gasteiger partial charge on any atom is 0.496 e. The quantitative estimate of drug-likeness (QED) is 0.0440. The Morgan fingerprint density at radius 3 is 2.09 bits per heavy atom. The first kappa shape index (κ1) is 36.8. The van der Waals surface area contributed by atoms with Crippen LogP contribution in [-0.2, 0) is 36.6 Å². The van der Waals surface area contributed by atoms with Crippen LogP contribution < -0.4 is 4.74 Å². The normalized spacial score (nSPS) is 12.8. The molecule has 0 atom stereocenters. The zero-order chi connectivity index (χ0) is 34.3. The number of furan rings is 1. The lowest BCUT2D eigenvalue weighted by atomic mass is 9.97. The molecule has 7 nitrogen and oxygen atoms in total.